The van der Waals surface area contributed by atoms with Crippen LogP contribution >= 0.6 is 0 Å². The van der Waals surface area contributed by atoms with Crippen LogP contribution in [0.1, 0.15) is 70.6 Å². The van der Waals surface area contributed by atoms with E-state index in [0.29, 0.717) is 43.1 Å². The largest absolute Gasteiger partial charge is 0.387 e. The fraction of sp³-hybridized carbons (Fsp3) is 0.419. The van der Waals surface area contributed by atoms with Crippen molar-refractivity contribution >= 4 is 16.9 Å². The van der Waals surface area contributed by atoms with Gasteiger partial charge in [-0.1, -0.05) is 35.5 Å². The first-order chi connectivity index (χ1) is 19.0. The van der Waals surface area contributed by atoms with Crippen molar-refractivity contribution in [2.24, 2.45) is 0 Å². The lowest BCUT2D eigenvalue weighted by Gasteiger charge is -2.31. The fourth-order valence-electron chi connectivity index (χ4n) is 6.29. The molecule has 2 aromatic heterocycles. The molecule has 6 rings (SSSR count). The Morgan fingerprint density at radius 2 is 1.85 bits per heavy atom. The van der Waals surface area contributed by atoms with Crippen LogP contribution in [0.15, 0.2) is 59.3 Å². The topological polar surface area (TPSA) is 74.7 Å². The van der Waals surface area contributed by atoms with Crippen molar-refractivity contribution in [3.63, 3.8) is 0 Å². The lowest BCUT2D eigenvalue weighted by atomic mass is 9.91. The number of halogens is 1. The van der Waals surface area contributed by atoms with Crippen molar-refractivity contribution in [3.8, 4) is 0 Å². The SMILES string of the molecule is Cc1cn(Cc2ccccc2)c2c1C(=O)N(CCCN1CCC(c3noc4cc(F)ccc34)CC1)CCC2O. The molecule has 1 amide bonds. The number of aromatic nitrogens is 2. The minimum Gasteiger partial charge on any atom is -0.387 e. The number of aryl methyl sites for hydroxylation is 1. The third-order valence-electron chi connectivity index (χ3n) is 8.33. The van der Waals surface area contributed by atoms with E-state index in [4.69, 9.17) is 4.52 Å². The number of hydrogen-bond donors (Lipinski definition) is 1. The third-order valence-corrected chi connectivity index (χ3v) is 8.33. The molecular formula is C31H35FN4O3. The summed E-state index contributed by atoms with van der Waals surface area (Å²) in [6.07, 6.45) is 4.72. The smallest absolute Gasteiger partial charge is 0.256 e. The summed E-state index contributed by atoms with van der Waals surface area (Å²) in [4.78, 5) is 18.0. The van der Waals surface area contributed by atoms with Crippen molar-refractivity contribution in [1.29, 1.82) is 0 Å². The zero-order chi connectivity index (χ0) is 26.9. The molecule has 8 heteroatoms. The van der Waals surface area contributed by atoms with Crippen LogP contribution in [0.3, 0.4) is 0 Å². The molecule has 2 aliphatic rings. The van der Waals surface area contributed by atoms with Gasteiger partial charge < -0.3 is 24.0 Å². The number of carbonyl (C=O) groups is 1. The number of aliphatic hydroxyl groups is 1. The van der Waals surface area contributed by atoms with Gasteiger partial charge in [0.25, 0.3) is 5.91 Å². The number of amides is 1. The molecule has 1 fully saturated rings. The Balaban J connectivity index is 1.05. The lowest BCUT2D eigenvalue weighted by Crippen LogP contribution is -2.37. The minimum atomic E-state index is -0.658. The molecule has 39 heavy (non-hydrogen) atoms. The van der Waals surface area contributed by atoms with Gasteiger partial charge in [-0.25, -0.2) is 4.39 Å². The zero-order valence-corrected chi connectivity index (χ0v) is 22.4. The number of nitrogens with zero attached hydrogens (tertiary/aromatic N) is 4. The summed E-state index contributed by atoms with van der Waals surface area (Å²) in [5, 5.41) is 16.2. The Morgan fingerprint density at radius 3 is 2.64 bits per heavy atom. The number of carbonyl (C=O) groups excluding carboxylic acids is 1. The Kier molecular flexibility index (Phi) is 7.23. The predicted molar refractivity (Wildman–Crippen MR) is 147 cm³/mol. The highest BCUT2D eigenvalue weighted by atomic mass is 19.1. The van der Waals surface area contributed by atoms with Gasteiger partial charge in [0.05, 0.1) is 23.1 Å². The molecule has 0 radical (unpaired) electrons. The molecule has 4 aromatic rings. The minimum absolute atomic E-state index is 0.0268. The Labute approximate surface area is 227 Å². The maximum Gasteiger partial charge on any atom is 0.256 e. The molecule has 1 saturated heterocycles. The van der Waals surface area contributed by atoms with Crippen LogP contribution in [-0.2, 0) is 6.54 Å². The van der Waals surface area contributed by atoms with Crippen molar-refractivity contribution in [2.75, 3.05) is 32.7 Å². The first kappa shape index (κ1) is 25.8. The summed E-state index contributed by atoms with van der Waals surface area (Å²) in [7, 11) is 0. The highest BCUT2D eigenvalue weighted by molar-refractivity contribution is 5.97. The summed E-state index contributed by atoms with van der Waals surface area (Å²) in [6.45, 7) is 6.67. The summed E-state index contributed by atoms with van der Waals surface area (Å²) in [6, 6.07) is 14.8. The van der Waals surface area contributed by atoms with Gasteiger partial charge in [-0.05, 0) is 75.5 Å². The van der Waals surface area contributed by atoms with E-state index in [9.17, 15) is 14.3 Å². The molecule has 7 nitrogen and oxygen atoms in total. The molecule has 0 bridgehead atoms. The molecule has 0 saturated carbocycles. The van der Waals surface area contributed by atoms with Gasteiger partial charge in [-0.3, -0.25) is 4.79 Å². The quantitative estimate of drug-likeness (QED) is 0.352. The van der Waals surface area contributed by atoms with Gasteiger partial charge in [-0.2, -0.15) is 0 Å². The summed E-state index contributed by atoms with van der Waals surface area (Å²) >= 11 is 0. The molecule has 2 aliphatic heterocycles. The van der Waals surface area contributed by atoms with E-state index in [-0.39, 0.29) is 11.7 Å². The number of aliphatic hydroxyl groups excluding tert-OH is 1. The monoisotopic (exact) mass is 530 g/mol. The molecule has 4 heterocycles. The zero-order valence-electron chi connectivity index (χ0n) is 22.4. The van der Waals surface area contributed by atoms with E-state index in [0.717, 1.165) is 66.8 Å². The second-order valence-electron chi connectivity index (χ2n) is 11.0. The number of benzene rings is 2. The van der Waals surface area contributed by atoms with Crippen molar-refractivity contribution in [1.82, 2.24) is 19.5 Å². The van der Waals surface area contributed by atoms with Crippen LogP contribution in [0.25, 0.3) is 11.0 Å². The van der Waals surface area contributed by atoms with Gasteiger partial charge >= 0.3 is 0 Å². The highest BCUT2D eigenvalue weighted by Crippen LogP contribution is 2.34. The van der Waals surface area contributed by atoms with E-state index < -0.39 is 6.10 Å². The molecule has 0 aliphatic carbocycles. The molecule has 0 spiro atoms. The standard InChI is InChI=1S/C31H35FN4O3/c1-21-19-36(20-22-6-3-2-4-7-22)30-26(37)12-17-35(31(38)28(21)30)14-5-13-34-15-10-23(11-16-34)29-25-9-8-24(32)18-27(25)39-33-29/h2-4,6-9,18-19,23,26,37H,5,10-17,20H2,1H3. The van der Waals surface area contributed by atoms with E-state index in [1.54, 1.807) is 6.07 Å². The summed E-state index contributed by atoms with van der Waals surface area (Å²) in [5.74, 6) is 0.0235. The number of rotatable bonds is 7. The van der Waals surface area contributed by atoms with Gasteiger partial charge in [0.15, 0.2) is 5.58 Å². The average Bonchev–Trinajstić information content (AvgIpc) is 3.47. The lowest BCUT2D eigenvalue weighted by molar-refractivity contribution is 0.0735. The van der Waals surface area contributed by atoms with Crippen molar-refractivity contribution in [2.45, 2.75) is 51.2 Å². The fourth-order valence-corrected chi connectivity index (χ4v) is 6.29. The number of fused-ring (bicyclic) bond motifs is 2. The van der Waals surface area contributed by atoms with E-state index in [1.807, 2.05) is 40.8 Å². The van der Waals surface area contributed by atoms with E-state index >= 15 is 0 Å². The Morgan fingerprint density at radius 1 is 1.05 bits per heavy atom. The van der Waals surface area contributed by atoms with Gasteiger partial charge in [0.1, 0.15) is 5.82 Å². The predicted octanol–water partition coefficient (Wildman–Crippen LogP) is 5.27. The third kappa shape index (κ3) is 5.23. The van der Waals surface area contributed by atoms with Crippen LogP contribution in [0.2, 0.25) is 0 Å². The second-order valence-corrected chi connectivity index (χ2v) is 11.0. The van der Waals surface area contributed by atoms with Gasteiger partial charge in [0, 0.05) is 43.2 Å². The number of piperidine rings is 1. The van der Waals surface area contributed by atoms with E-state index in [2.05, 4.69) is 22.2 Å². The second kappa shape index (κ2) is 10.9. The average molecular weight is 531 g/mol. The van der Waals surface area contributed by atoms with Crippen LogP contribution in [0, 0.1) is 12.7 Å². The molecule has 204 valence electrons. The van der Waals surface area contributed by atoms with Crippen molar-refractivity contribution in [3.05, 3.63) is 88.6 Å². The van der Waals surface area contributed by atoms with Crippen LogP contribution < -0.4 is 0 Å². The first-order valence-electron chi connectivity index (χ1n) is 14.0. The molecule has 1 N–H and O–H groups in total. The Bertz CT molecular complexity index is 1460. The Hall–Kier alpha value is -3.49. The van der Waals surface area contributed by atoms with E-state index in [1.165, 1.54) is 12.1 Å². The van der Waals surface area contributed by atoms with Crippen LogP contribution in [-0.4, -0.2) is 63.3 Å². The number of likely N-dealkylation sites (tertiary alicyclic amines) is 1. The van der Waals surface area contributed by atoms with Crippen LogP contribution in [0.5, 0.6) is 0 Å². The number of hydrogen-bond acceptors (Lipinski definition) is 5. The normalized spacial score (nSPS) is 19.0. The first-order valence-corrected chi connectivity index (χ1v) is 14.0. The molecule has 2 aromatic carbocycles. The van der Waals surface area contributed by atoms with Crippen molar-refractivity contribution < 1.29 is 18.8 Å². The molecule has 1 unspecified atom stereocenters. The van der Waals surface area contributed by atoms with Crippen LogP contribution in [0.4, 0.5) is 4.39 Å². The van der Waals surface area contributed by atoms with Gasteiger partial charge in [-0.15, -0.1) is 0 Å². The maximum absolute atomic E-state index is 13.6. The highest BCUT2D eigenvalue weighted by Gasteiger charge is 2.32. The summed E-state index contributed by atoms with van der Waals surface area (Å²) < 4.78 is 20.9. The maximum atomic E-state index is 13.6. The van der Waals surface area contributed by atoms with Gasteiger partial charge in [0.2, 0.25) is 0 Å². The summed E-state index contributed by atoms with van der Waals surface area (Å²) in [5.41, 5.74) is 4.91. The molecular weight excluding hydrogens is 495 g/mol. The molecule has 1 atom stereocenters.